The molecule has 0 bridgehead atoms. The number of hydrogen-bond donors (Lipinski definition) is 2. The third-order valence-electron chi connectivity index (χ3n) is 2.21. The highest BCUT2D eigenvalue weighted by molar-refractivity contribution is 5.85. The molecule has 0 aromatic heterocycles. The number of aliphatic carboxylic acids is 1. The number of carboxylic acid groups (broad SMARTS) is 1. The number of ether oxygens (including phenoxy) is 2. The Labute approximate surface area is 105 Å². The Kier molecular flexibility index (Phi) is 5.06. The number of benzene rings is 1. The van der Waals surface area contributed by atoms with Gasteiger partial charge in [-0.1, -0.05) is 6.07 Å². The molecule has 0 unspecified atom stereocenters. The first-order chi connectivity index (χ1) is 7.75. The van der Waals surface area contributed by atoms with Crippen LogP contribution in [0.5, 0.6) is 11.5 Å². The molecule has 1 aliphatic rings. The van der Waals surface area contributed by atoms with Gasteiger partial charge in [-0.2, -0.15) is 0 Å². The molecular weight excluding hydrogens is 246 g/mol. The maximum atomic E-state index is 10.3. The predicted octanol–water partition coefficient (Wildman–Crippen LogP) is 1.05. The first-order valence-electron chi connectivity index (χ1n) is 5.07. The quantitative estimate of drug-likeness (QED) is 0.846. The molecule has 1 heterocycles. The first kappa shape index (κ1) is 13.6. The van der Waals surface area contributed by atoms with Crippen molar-refractivity contribution in [1.82, 2.24) is 5.32 Å². The third kappa shape index (κ3) is 3.80. The summed E-state index contributed by atoms with van der Waals surface area (Å²) in [6, 6.07) is 5.60. The van der Waals surface area contributed by atoms with Gasteiger partial charge in [-0.05, 0) is 17.7 Å². The summed E-state index contributed by atoms with van der Waals surface area (Å²) < 4.78 is 10.8. The molecule has 5 nitrogen and oxygen atoms in total. The van der Waals surface area contributed by atoms with E-state index in [1.165, 1.54) is 0 Å². The van der Waals surface area contributed by atoms with E-state index in [1.54, 1.807) is 0 Å². The Hall–Kier alpha value is -1.46. The molecule has 2 rings (SSSR count). The average Bonchev–Trinajstić information content (AvgIpc) is 2.28. The maximum absolute atomic E-state index is 10.3. The van der Waals surface area contributed by atoms with Crippen LogP contribution in [0.4, 0.5) is 0 Å². The van der Waals surface area contributed by atoms with Gasteiger partial charge in [-0.25, -0.2) is 0 Å². The summed E-state index contributed by atoms with van der Waals surface area (Å²) in [5.74, 6) is 0.603. The van der Waals surface area contributed by atoms with Gasteiger partial charge in [-0.15, -0.1) is 12.4 Å². The topological polar surface area (TPSA) is 67.8 Å². The van der Waals surface area contributed by atoms with Crippen LogP contribution >= 0.6 is 12.4 Å². The monoisotopic (exact) mass is 259 g/mol. The molecule has 0 fully saturated rings. The van der Waals surface area contributed by atoms with Crippen molar-refractivity contribution in [1.29, 1.82) is 0 Å². The van der Waals surface area contributed by atoms with Crippen molar-refractivity contribution in [2.75, 3.05) is 19.8 Å². The number of nitrogens with one attached hydrogen (secondary N) is 1. The molecule has 0 atom stereocenters. The lowest BCUT2D eigenvalue weighted by atomic mass is 10.2. The molecule has 94 valence electrons. The Bertz CT molecular complexity index is 397. The van der Waals surface area contributed by atoms with Crippen LogP contribution in [0.15, 0.2) is 18.2 Å². The van der Waals surface area contributed by atoms with Crippen molar-refractivity contribution >= 4 is 18.4 Å². The Morgan fingerprint density at radius 2 is 2.00 bits per heavy atom. The molecule has 17 heavy (non-hydrogen) atoms. The molecule has 0 spiro atoms. The number of fused-ring (bicyclic) bond motifs is 1. The van der Waals surface area contributed by atoms with Gasteiger partial charge >= 0.3 is 5.97 Å². The molecule has 0 amide bonds. The lowest BCUT2D eigenvalue weighted by Gasteiger charge is -2.18. The van der Waals surface area contributed by atoms with Crippen molar-refractivity contribution in [3.63, 3.8) is 0 Å². The van der Waals surface area contributed by atoms with E-state index in [2.05, 4.69) is 5.32 Å². The lowest BCUT2D eigenvalue weighted by Crippen LogP contribution is -2.22. The number of carbonyl (C=O) groups is 1. The molecule has 1 aromatic carbocycles. The molecule has 1 aromatic rings. The van der Waals surface area contributed by atoms with Crippen LogP contribution in [0.25, 0.3) is 0 Å². The second-order valence-electron chi connectivity index (χ2n) is 3.48. The van der Waals surface area contributed by atoms with Gasteiger partial charge in [0.1, 0.15) is 13.2 Å². The van der Waals surface area contributed by atoms with E-state index in [0.717, 1.165) is 17.1 Å². The zero-order valence-corrected chi connectivity index (χ0v) is 9.96. The summed E-state index contributed by atoms with van der Waals surface area (Å²) >= 11 is 0. The Morgan fingerprint density at radius 3 is 2.71 bits per heavy atom. The van der Waals surface area contributed by atoms with Crippen LogP contribution in [-0.2, 0) is 11.3 Å². The minimum Gasteiger partial charge on any atom is -0.486 e. The highest BCUT2D eigenvalue weighted by Crippen LogP contribution is 2.30. The van der Waals surface area contributed by atoms with Crippen LogP contribution in [-0.4, -0.2) is 30.8 Å². The van der Waals surface area contributed by atoms with Crippen molar-refractivity contribution in [2.45, 2.75) is 6.54 Å². The van der Waals surface area contributed by atoms with E-state index >= 15 is 0 Å². The summed E-state index contributed by atoms with van der Waals surface area (Å²) in [7, 11) is 0. The van der Waals surface area contributed by atoms with Crippen LogP contribution in [0.1, 0.15) is 5.56 Å². The largest absolute Gasteiger partial charge is 0.486 e. The van der Waals surface area contributed by atoms with E-state index in [-0.39, 0.29) is 19.0 Å². The summed E-state index contributed by atoms with van der Waals surface area (Å²) in [6.45, 7) is 1.58. The maximum Gasteiger partial charge on any atom is 0.317 e. The van der Waals surface area contributed by atoms with Crippen molar-refractivity contribution in [3.8, 4) is 11.5 Å². The Balaban J connectivity index is 0.00000144. The summed E-state index contributed by atoms with van der Waals surface area (Å²) in [6.07, 6.45) is 0. The fraction of sp³-hybridized carbons (Fsp3) is 0.364. The van der Waals surface area contributed by atoms with Gasteiger partial charge in [0.25, 0.3) is 0 Å². The van der Waals surface area contributed by atoms with Crippen LogP contribution in [0.3, 0.4) is 0 Å². The number of hydrogen-bond acceptors (Lipinski definition) is 4. The minimum atomic E-state index is -0.863. The van der Waals surface area contributed by atoms with Crippen molar-refractivity contribution in [3.05, 3.63) is 23.8 Å². The van der Waals surface area contributed by atoms with E-state index in [0.29, 0.717) is 19.8 Å². The minimum absolute atomic E-state index is 0. The summed E-state index contributed by atoms with van der Waals surface area (Å²) in [5, 5.41) is 11.3. The molecular formula is C11H14ClNO4. The van der Waals surface area contributed by atoms with Crippen LogP contribution in [0, 0.1) is 0 Å². The molecule has 2 N–H and O–H groups in total. The number of carboxylic acids is 1. The van der Waals surface area contributed by atoms with Gasteiger partial charge in [0.2, 0.25) is 0 Å². The first-order valence-corrected chi connectivity index (χ1v) is 5.07. The molecule has 6 heteroatoms. The average molecular weight is 260 g/mol. The number of halogens is 1. The van der Waals surface area contributed by atoms with Crippen LogP contribution in [0.2, 0.25) is 0 Å². The lowest BCUT2D eigenvalue weighted by molar-refractivity contribution is -0.135. The van der Waals surface area contributed by atoms with Gasteiger partial charge in [-0.3, -0.25) is 4.79 Å². The van der Waals surface area contributed by atoms with Gasteiger partial charge < -0.3 is 19.9 Å². The predicted molar refractivity (Wildman–Crippen MR) is 64.0 cm³/mol. The fourth-order valence-electron chi connectivity index (χ4n) is 1.51. The SMILES string of the molecule is Cl.O=C(O)CNCc1ccc2c(c1)OCCO2. The fourth-order valence-corrected chi connectivity index (χ4v) is 1.51. The van der Waals surface area contributed by atoms with E-state index in [9.17, 15) is 4.79 Å². The standard InChI is InChI=1S/C11H13NO4.ClH/c13-11(14)7-12-6-8-1-2-9-10(5-8)16-4-3-15-9;/h1-2,5,12H,3-4,6-7H2,(H,13,14);1H. The molecule has 0 aliphatic carbocycles. The highest BCUT2D eigenvalue weighted by atomic mass is 35.5. The van der Waals surface area contributed by atoms with Crippen molar-refractivity contribution < 1.29 is 19.4 Å². The second-order valence-corrected chi connectivity index (χ2v) is 3.48. The van der Waals surface area contributed by atoms with Crippen molar-refractivity contribution in [2.24, 2.45) is 0 Å². The second kappa shape index (κ2) is 6.32. The van der Waals surface area contributed by atoms with Gasteiger partial charge in [0.15, 0.2) is 11.5 Å². The summed E-state index contributed by atoms with van der Waals surface area (Å²) in [4.78, 5) is 10.3. The van der Waals surface area contributed by atoms with Gasteiger partial charge in [0, 0.05) is 6.54 Å². The van der Waals surface area contributed by atoms with Gasteiger partial charge in [0.05, 0.1) is 6.54 Å². The smallest absolute Gasteiger partial charge is 0.317 e. The Morgan fingerprint density at radius 1 is 1.29 bits per heavy atom. The molecule has 0 radical (unpaired) electrons. The summed E-state index contributed by atoms with van der Waals surface area (Å²) in [5.41, 5.74) is 0.977. The zero-order valence-electron chi connectivity index (χ0n) is 9.14. The van der Waals surface area contributed by atoms with Crippen LogP contribution < -0.4 is 14.8 Å². The molecule has 0 saturated carbocycles. The molecule has 0 saturated heterocycles. The van der Waals surface area contributed by atoms with E-state index in [4.69, 9.17) is 14.6 Å². The van der Waals surface area contributed by atoms with E-state index in [1.807, 2.05) is 18.2 Å². The third-order valence-corrected chi connectivity index (χ3v) is 2.21. The normalized spacial score (nSPS) is 12.7. The van der Waals surface area contributed by atoms with E-state index < -0.39 is 5.97 Å². The zero-order chi connectivity index (χ0) is 11.4. The highest BCUT2D eigenvalue weighted by Gasteiger charge is 2.11. The number of rotatable bonds is 4. The molecule has 1 aliphatic heterocycles.